The molecule has 0 atom stereocenters. The summed E-state index contributed by atoms with van der Waals surface area (Å²) >= 11 is 5.63. The van der Waals surface area contributed by atoms with E-state index in [0.29, 0.717) is 11.3 Å². The number of nitrogens with one attached hydrogen (secondary N) is 1. The highest BCUT2D eigenvalue weighted by molar-refractivity contribution is 6.30. The number of hydrogen-bond donors (Lipinski definition) is 1. The lowest BCUT2D eigenvalue weighted by molar-refractivity contribution is 0.0468. The maximum atomic E-state index is 13.7. The predicted octanol–water partition coefficient (Wildman–Crippen LogP) is 3.64. The summed E-state index contributed by atoms with van der Waals surface area (Å²) in [5.74, 6) is -2.92. The summed E-state index contributed by atoms with van der Waals surface area (Å²) in [6.45, 7) is 4.48. The molecule has 0 spiro atoms. The van der Waals surface area contributed by atoms with E-state index in [-0.39, 0.29) is 28.5 Å². The van der Waals surface area contributed by atoms with E-state index in [9.17, 15) is 18.8 Å². The fraction of sp³-hybridized carbons (Fsp3) is 0.278. The summed E-state index contributed by atoms with van der Waals surface area (Å²) < 4.78 is 23.5. The lowest BCUT2D eigenvalue weighted by atomic mass is 10.1. The molecule has 0 amide bonds. The molecule has 0 saturated heterocycles. The first-order chi connectivity index (χ1) is 12.3. The first-order valence-corrected chi connectivity index (χ1v) is 8.15. The van der Waals surface area contributed by atoms with Crippen LogP contribution in [-0.4, -0.2) is 35.9 Å². The van der Waals surface area contributed by atoms with Crippen molar-refractivity contribution in [3.05, 3.63) is 57.1 Å². The van der Waals surface area contributed by atoms with Crippen LogP contribution in [0.1, 0.15) is 49.4 Å². The molecule has 0 bridgehead atoms. The van der Waals surface area contributed by atoms with Gasteiger partial charge in [-0.25, -0.2) is 14.0 Å². The van der Waals surface area contributed by atoms with Gasteiger partial charge in [-0.05, 0) is 44.5 Å². The van der Waals surface area contributed by atoms with Crippen LogP contribution in [0, 0.1) is 19.7 Å². The van der Waals surface area contributed by atoms with Crippen molar-refractivity contribution in [1.82, 2.24) is 4.98 Å². The normalized spacial score (nSPS) is 10.5. The lowest BCUT2D eigenvalue weighted by Crippen LogP contribution is -2.16. The van der Waals surface area contributed by atoms with Gasteiger partial charge in [0, 0.05) is 16.3 Å². The van der Waals surface area contributed by atoms with Crippen LogP contribution < -0.4 is 0 Å². The van der Waals surface area contributed by atoms with E-state index in [1.165, 1.54) is 12.1 Å². The molecule has 1 N–H and O–H groups in total. The number of benzene rings is 1. The van der Waals surface area contributed by atoms with Crippen molar-refractivity contribution in [2.24, 2.45) is 0 Å². The Morgan fingerprint density at radius 1 is 1.15 bits per heavy atom. The Morgan fingerprint density at radius 2 is 1.85 bits per heavy atom. The lowest BCUT2D eigenvalue weighted by Gasteiger charge is -2.06. The summed E-state index contributed by atoms with van der Waals surface area (Å²) in [6.07, 6.45) is 0. The molecule has 0 aliphatic rings. The standard InChI is InChI=1S/C18H17ClFNO5/c1-4-25-18(24)16-9(2)15(10(3)21-16)14(22)8-26-17(23)12-6-5-11(19)7-13(12)20/h5-7,21H,4,8H2,1-3H3. The molecule has 2 rings (SSSR count). The van der Waals surface area contributed by atoms with E-state index in [1.54, 1.807) is 20.8 Å². The van der Waals surface area contributed by atoms with Crippen molar-refractivity contribution in [1.29, 1.82) is 0 Å². The van der Waals surface area contributed by atoms with E-state index < -0.39 is 30.1 Å². The van der Waals surface area contributed by atoms with E-state index >= 15 is 0 Å². The number of halogens is 2. The van der Waals surface area contributed by atoms with Gasteiger partial charge in [-0.1, -0.05) is 11.6 Å². The third-order valence-electron chi connectivity index (χ3n) is 3.68. The largest absolute Gasteiger partial charge is 0.461 e. The molecule has 26 heavy (non-hydrogen) atoms. The van der Waals surface area contributed by atoms with Crippen LogP contribution in [0.4, 0.5) is 4.39 Å². The van der Waals surface area contributed by atoms with Crippen molar-refractivity contribution in [3.8, 4) is 0 Å². The van der Waals surface area contributed by atoms with Crippen LogP contribution in [0.15, 0.2) is 18.2 Å². The van der Waals surface area contributed by atoms with Gasteiger partial charge in [0.15, 0.2) is 6.61 Å². The molecule has 2 aromatic rings. The van der Waals surface area contributed by atoms with Gasteiger partial charge >= 0.3 is 11.9 Å². The van der Waals surface area contributed by atoms with Gasteiger partial charge in [0.05, 0.1) is 12.2 Å². The Morgan fingerprint density at radius 3 is 2.46 bits per heavy atom. The zero-order valence-corrected chi connectivity index (χ0v) is 15.2. The second kappa shape index (κ2) is 8.14. The number of aromatic nitrogens is 1. The highest BCUT2D eigenvalue weighted by Crippen LogP contribution is 2.20. The quantitative estimate of drug-likeness (QED) is 0.610. The third kappa shape index (κ3) is 4.11. The average molecular weight is 382 g/mol. The molecule has 0 radical (unpaired) electrons. The van der Waals surface area contributed by atoms with Crippen LogP contribution in [0.5, 0.6) is 0 Å². The van der Waals surface area contributed by atoms with Crippen molar-refractivity contribution < 1.29 is 28.2 Å². The number of H-pyrrole nitrogens is 1. The molecule has 0 unspecified atom stereocenters. The molecule has 6 nitrogen and oxygen atoms in total. The number of aryl methyl sites for hydroxylation is 1. The number of Topliss-reactive ketones (excluding diaryl/α,β-unsaturated/α-hetero) is 1. The Kier molecular flexibility index (Phi) is 6.15. The van der Waals surface area contributed by atoms with E-state index in [4.69, 9.17) is 21.1 Å². The van der Waals surface area contributed by atoms with E-state index in [0.717, 1.165) is 6.07 Å². The minimum atomic E-state index is -0.982. The summed E-state index contributed by atoms with van der Waals surface area (Å²) in [7, 11) is 0. The number of carbonyl (C=O) groups is 3. The number of hydrogen-bond acceptors (Lipinski definition) is 5. The Balaban J connectivity index is 2.13. The van der Waals surface area contributed by atoms with Gasteiger partial charge in [0.1, 0.15) is 11.5 Å². The number of esters is 2. The number of ketones is 1. The molecule has 0 aliphatic carbocycles. The van der Waals surface area contributed by atoms with Crippen molar-refractivity contribution in [2.75, 3.05) is 13.2 Å². The predicted molar refractivity (Wildman–Crippen MR) is 92.2 cm³/mol. The van der Waals surface area contributed by atoms with Gasteiger partial charge in [-0.2, -0.15) is 0 Å². The van der Waals surface area contributed by atoms with Crippen LogP contribution in [-0.2, 0) is 9.47 Å². The van der Waals surface area contributed by atoms with Gasteiger partial charge in [-0.3, -0.25) is 4.79 Å². The van der Waals surface area contributed by atoms with Crippen molar-refractivity contribution >= 4 is 29.3 Å². The van der Waals surface area contributed by atoms with Gasteiger partial charge in [-0.15, -0.1) is 0 Å². The second-order valence-electron chi connectivity index (χ2n) is 5.47. The number of carbonyl (C=O) groups excluding carboxylic acids is 3. The van der Waals surface area contributed by atoms with Crippen molar-refractivity contribution in [2.45, 2.75) is 20.8 Å². The average Bonchev–Trinajstić information content (AvgIpc) is 2.87. The first kappa shape index (κ1) is 19.7. The van der Waals surface area contributed by atoms with Crippen LogP contribution in [0.3, 0.4) is 0 Å². The van der Waals surface area contributed by atoms with Gasteiger partial charge in [0.25, 0.3) is 0 Å². The van der Waals surface area contributed by atoms with Crippen LogP contribution >= 0.6 is 11.6 Å². The zero-order chi connectivity index (χ0) is 19.4. The minimum absolute atomic E-state index is 0.139. The molecular formula is C18H17ClFNO5. The summed E-state index contributed by atoms with van der Waals surface area (Å²) in [5.41, 5.74) is 0.932. The second-order valence-corrected chi connectivity index (χ2v) is 5.91. The molecule has 8 heteroatoms. The maximum Gasteiger partial charge on any atom is 0.355 e. The molecule has 0 aliphatic heterocycles. The Labute approximate surface area is 154 Å². The first-order valence-electron chi connectivity index (χ1n) is 7.77. The maximum absolute atomic E-state index is 13.7. The minimum Gasteiger partial charge on any atom is -0.461 e. The zero-order valence-electron chi connectivity index (χ0n) is 14.4. The third-order valence-corrected chi connectivity index (χ3v) is 3.92. The van der Waals surface area contributed by atoms with Crippen molar-refractivity contribution in [3.63, 3.8) is 0 Å². The number of ether oxygens (including phenoxy) is 2. The molecular weight excluding hydrogens is 365 g/mol. The fourth-order valence-corrected chi connectivity index (χ4v) is 2.67. The Hall–Kier alpha value is -2.67. The van der Waals surface area contributed by atoms with E-state index in [1.807, 2.05) is 0 Å². The Bertz CT molecular complexity index is 875. The highest BCUT2D eigenvalue weighted by atomic mass is 35.5. The summed E-state index contributed by atoms with van der Waals surface area (Å²) in [5, 5.41) is 0.139. The molecule has 0 fully saturated rings. The summed E-state index contributed by atoms with van der Waals surface area (Å²) in [6, 6.07) is 3.50. The highest BCUT2D eigenvalue weighted by Gasteiger charge is 2.24. The monoisotopic (exact) mass is 381 g/mol. The van der Waals surface area contributed by atoms with Crippen LogP contribution in [0.25, 0.3) is 0 Å². The van der Waals surface area contributed by atoms with Gasteiger partial charge in [0.2, 0.25) is 5.78 Å². The topological polar surface area (TPSA) is 85.5 Å². The number of aromatic amines is 1. The molecule has 138 valence electrons. The summed E-state index contributed by atoms with van der Waals surface area (Å²) in [4.78, 5) is 39.0. The van der Waals surface area contributed by atoms with Crippen LogP contribution in [0.2, 0.25) is 5.02 Å². The van der Waals surface area contributed by atoms with Gasteiger partial charge < -0.3 is 14.5 Å². The van der Waals surface area contributed by atoms with E-state index in [2.05, 4.69) is 4.98 Å². The molecule has 0 saturated carbocycles. The molecule has 1 aromatic heterocycles. The fourth-order valence-electron chi connectivity index (χ4n) is 2.51. The smallest absolute Gasteiger partial charge is 0.355 e. The molecule has 1 heterocycles. The number of rotatable bonds is 6. The SMILES string of the molecule is CCOC(=O)c1[nH]c(C)c(C(=O)COC(=O)c2ccc(Cl)cc2F)c1C. The molecule has 1 aromatic carbocycles.